The van der Waals surface area contributed by atoms with Crippen LogP contribution in [0.25, 0.3) is 0 Å². The lowest BCUT2D eigenvalue weighted by molar-refractivity contribution is 0.591. The second-order valence-electron chi connectivity index (χ2n) is 3.89. The number of nitrogens with two attached hydrogens (primary N) is 1. The van der Waals surface area contributed by atoms with E-state index in [0.717, 1.165) is 10.0 Å². The second kappa shape index (κ2) is 5.76. The second-order valence-corrected chi connectivity index (χ2v) is 5.78. The molecular weight excluding hydrogens is 301 g/mol. The maximum atomic E-state index is 13.7. The van der Waals surface area contributed by atoms with Gasteiger partial charge in [0.2, 0.25) is 0 Å². The summed E-state index contributed by atoms with van der Waals surface area (Å²) in [5.74, 6) is 0.0278. The highest BCUT2D eigenvalue weighted by atomic mass is 79.9. The minimum atomic E-state index is -0.172. The third-order valence-electron chi connectivity index (χ3n) is 2.71. The van der Waals surface area contributed by atoms with Crippen molar-refractivity contribution in [1.29, 1.82) is 0 Å². The van der Waals surface area contributed by atoms with Gasteiger partial charge in [-0.1, -0.05) is 28.1 Å². The fourth-order valence-electron chi connectivity index (χ4n) is 1.78. The molecule has 0 spiro atoms. The van der Waals surface area contributed by atoms with Crippen LogP contribution in [0, 0.1) is 5.82 Å². The predicted molar refractivity (Wildman–Crippen MR) is 73.9 cm³/mol. The van der Waals surface area contributed by atoms with Crippen LogP contribution in [-0.4, -0.2) is 6.54 Å². The van der Waals surface area contributed by atoms with E-state index in [4.69, 9.17) is 5.73 Å². The summed E-state index contributed by atoms with van der Waals surface area (Å²) in [4.78, 5) is 1.22. The lowest BCUT2D eigenvalue weighted by atomic mass is 9.97. The van der Waals surface area contributed by atoms with Crippen molar-refractivity contribution in [3.8, 4) is 0 Å². The van der Waals surface area contributed by atoms with E-state index >= 15 is 0 Å². The van der Waals surface area contributed by atoms with Crippen LogP contribution in [0.2, 0.25) is 0 Å². The van der Waals surface area contributed by atoms with Crippen LogP contribution in [-0.2, 0) is 6.42 Å². The first kappa shape index (κ1) is 12.7. The van der Waals surface area contributed by atoms with Gasteiger partial charge < -0.3 is 5.73 Å². The Labute approximate surface area is 113 Å². The van der Waals surface area contributed by atoms with Gasteiger partial charge in [0, 0.05) is 21.8 Å². The van der Waals surface area contributed by atoms with Gasteiger partial charge >= 0.3 is 0 Å². The van der Waals surface area contributed by atoms with Crippen LogP contribution in [0.15, 0.2) is 40.2 Å². The van der Waals surface area contributed by atoms with E-state index in [2.05, 4.69) is 22.0 Å². The van der Waals surface area contributed by atoms with Crippen molar-refractivity contribution in [2.45, 2.75) is 12.3 Å². The molecule has 0 fully saturated rings. The minimum Gasteiger partial charge on any atom is -0.330 e. The summed E-state index contributed by atoms with van der Waals surface area (Å²) < 4.78 is 14.5. The van der Waals surface area contributed by atoms with Gasteiger partial charge in [-0.2, -0.15) is 0 Å². The van der Waals surface area contributed by atoms with Gasteiger partial charge in [0.25, 0.3) is 0 Å². The van der Waals surface area contributed by atoms with Gasteiger partial charge in [0.15, 0.2) is 0 Å². The smallest absolute Gasteiger partial charge is 0.127 e. The molecule has 1 nitrogen and oxygen atoms in total. The summed E-state index contributed by atoms with van der Waals surface area (Å²) >= 11 is 4.93. The van der Waals surface area contributed by atoms with Crippen LogP contribution < -0.4 is 5.73 Å². The number of hydrogen-bond donors (Lipinski definition) is 1. The highest BCUT2D eigenvalue weighted by Crippen LogP contribution is 2.26. The average molecular weight is 314 g/mol. The lowest BCUT2D eigenvalue weighted by Gasteiger charge is -2.13. The molecule has 0 amide bonds. The molecule has 1 unspecified atom stereocenters. The molecule has 1 atom stereocenters. The summed E-state index contributed by atoms with van der Waals surface area (Å²) in [6, 6.07) is 9.23. The third-order valence-corrected chi connectivity index (χ3v) is 4.24. The first-order valence-electron chi connectivity index (χ1n) is 5.38. The van der Waals surface area contributed by atoms with Crippen molar-refractivity contribution >= 4 is 27.3 Å². The zero-order valence-electron chi connectivity index (χ0n) is 9.20. The molecule has 0 bridgehead atoms. The SMILES string of the molecule is NCC(Cc1ccc(Br)cc1F)c1cccs1. The molecular formula is C13H13BrFNS. The van der Waals surface area contributed by atoms with Crippen LogP contribution >= 0.6 is 27.3 Å². The Morgan fingerprint density at radius 1 is 1.35 bits per heavy atom. The van der Waals surface area contributed by atoms with Crippen molar-refractivity contribution < 1.29 is 4.39 Å². The molecule has 0 aliphatic carbocycles. The number of benzene rings is 1. The fourth-order valence-corrected chi connectivity index (χ4v) is 2.95. The molecule has 0 aliphatic heterocycles. The van der Waals surface area contributed by atoms with E-state index in [1.165, 1.54) is 10.9 Å². The Morgan fingerprint density at radius 2 is 2.18 bits per heavy atom. The molecule has 0 saturated heterocycles. The van der Waals surface area contributed by atoms with E-state index in [0.29, 0.717) is 13.0 Å². The van der Waals surface area contributed by atoms with Crippen LogP contribution in [0.4, 0.5) is 4.39 Å². The van der Waals surface area contributed by atoms with Crippen molar-refractivity contribution in [1.82, 2.24) is 0 Å². The molecule has 0 aliphatic rings. The first-order chi connectivity index (χ1) is 8.20. The highest BCUT2D eigenvalue weighted by Gasteiger charge is 2.14. The van der Waals surface area contributed by atoms with E-state index < -0.39 is 0 Å². The molecule has 2 rings (SSSR count). The molecule has 90 valence electrons. The molecule has 2 aromatic rings. The number of thiophene rings is 1. The van der Waals surface area contributed by atoms with Crippen LogP contribution in [0.1, 0.15) is 16.4 Å². The molecule has 0 saturated carbocycles. The number of hydrogen-bond acceptors (Lipinski definition) is 2. The van der Waals surface area contributed by atoms with Crippen LogP contribution in [0.5, 0.6) is 0 Å². The predicted octanol–water partition coefficient (Wildman–Crippen LogP) is 3.93. The van der Waals surface area contributed by atoms with Gasteiger partial charge in [0.05, 0.1) is 0 Å². The van der Waals surface area contributed by atoms with Gasteiger partial charge in [-0.3, -0.25) is 0 Å². The molecule has 1 heterocycles. The van der Waals surface area contributed by atoms with E-state index in [-0.39, 0.29) is 11.7 Å². The Morgan fingerprint density at radius 3 is 2.76 bits per heavy atom. The molecule has 0 radical (unpaired) electrons. The quantitative estimate of drug-likeness (QED) is 0.909. The minimum absolute atomic E-state index is 0.172. The summed E-state index contributed by atoms with van der Waals surface area (Å²) in [5.41, 5.74) is 6.49. The Bertz CT molecular complexity index is 484. The number of rotatable bonds is 4. The molecule has 4 heteroatoms. The zero-order valence-corrected chi connectivity index (χ0v) is 11.6. The third kappa shape index (κ3) is 3.15. The standard InChI is InChI=1S/C13H13BrFNS/c14-11-4-3-9(12(15)7-11)6-10(8-16)13-2-1-5-17-13/h1-5,7,10H,6,8,16H2. The molecule has 2 N–H and O–H groups in total. The average Bonchev–Trinajstić information content (AvgIpc) is 2.81. The van der Waals surface area contributed by atoms with Crippen molar-refractivity contribution in [2.75, 3.05) is 6.54 Å². The Kier molecular flexibility index (Phi) is 4.31. The van der Waals surface area contributed by atoms with E-state index in [9.17, 15) is 4.39 Å². The maximum absolute atomic E-state index is 13.7. The summed E-state index contributed by atoms with van der Waals surface area (Å²) in [5, 5.41) is 2.02. The van der Waals surface area contributed by atoms with Crippen LogP contribution in [0.3, 0.4) is 0 Å². The van der Waals surface area contributed by atoms with Crippen molar-refractivity contribution in [3.63, 3.8) is 0 Å². The molecule has 1 aromatic carbocycles. The summed E-state index contributed by atoms with van der Waals surface area (Å²) in [7, 11) is 0. The molecule has 17 heavy (non-hydrogen) atoms. The highest BCUT2D eigenvalue weighted by molar-refractivity contribution is 9.10. The first-order valence-corrected chi connectivity index (χ1v) is 7.05. The van der Waals surface area contributed by atoms with E-state index in [1.54, 1.807) is 11.3 Å². The van der Waals surface area contributed by atoms with Gasteiger partial charge in [-0.25, -0.2) is 4.39 Å². The molecule has 1 aromatic heterocycles. The van der Waals surface area contributed by atoms with Gasteiger partial charge in [-0.05, 0) is 35.6 Å². The van der Waals surface area contributed by atoms with Gasteiger partial charge in [-0.15, -0.1) is 11.3 Å². The van der Waals surface area contributed by atoms with Crippen molar-refractivity contribution in [3.05, 3.63) is 56.4 Å². The Hall–Kier alpha value is -0.710. The van der Waals surface area contributed by atoms with E-state index in [1.807, 2.05) is 23.6 Å². The maximum Gasteiger partial charge on any atom is 0.127 e. The Balaban J connectivity index is 2.19. The summed E-state index contributed by atoms with van der Waals surface area (Å²) in [6.45, 7) is 0.538. The lowest BCUT2D eigenvalue weighted by Crippen LogP contribution is -2.14. The normalized spacial score (nSPS) is 12.6. The van der Waals surface area contributed by atoms with Crippen molar-refractivity contribution in [2.24, 2.45) is 5.73 Å². The fraction of sp³-hybridized carbons (Fsp3) is 0.231. The van der Waals surface area contributed by atoms with Gasteiger partial charge in [0.1, 0.15) is 5.82 Å². The largest absolute Gasteiger partial charge is 0.330 e. The monoisotopic (exact) mass is 313 g/mol. The topological polar surface area (TPSA) is 26.0 Å². The summed E-state index contributed by atoms with van der Waals surface area (Å²) in [6.07, 6.45) is 0.649. The zero-order chi connectivity index (χ0) is 12.3. The number of halogens is 2.